The van der Waals surface area contributed by atoms with Crippen molar-refractivity contribution >= 4 is 12.0 Å². The van der Waals surface area contributed by atoms with E-state index in [4.69, 9.17) is 0 Å². The molecular weight excluding hydrogens is 328 g/mol. The number of ether oxygens (including phenoxy) is 1. The highest BCUT2D eigenvalue weighted by Crippen LogP contribution is 2.24. The van der Waals surface area contributed by atoms with Crippen molar-refractivity contribution in [2.24, 2.45) is 7.05 Å². The molecule has 0 fully saturated rings. The van der Waals surface area contributed by atoms with E-state index in [0.717, 1.165) is 22.5 Å². The highest BCUT2D eigenvalue weighted by atomic mass is 16.5. The predicted octanol–water partition coefficient (Wildman–Crippen LogP) is 3.34. The van der Waals surface area contributed by atoms with Gasteiger partial charge in [0.2, 0.25) is 0 Å². The summed E-state index contributed by atoms with van der Waals surface area (Å²) in [5, 5.41) is 0. The zero-order valence-electron chi connectivity index (χ0n) is 15.0. The smallest absolute Gasteiger partial charge is 0.330 e. The number of methoxy groups -OCH3 is 1. The molecule has 5 nitrogen and oxygen atoms in total. The molecule has 0 aliphatic carbocycles. The molecule has 0 unspecified atom stereocenters. The van der Waals surface area contributed by atoms with Crippen molar-refractivity contribution in [2.75, 3.05) is 7.11 Å². The Balaban J connectivity index is 2.26. The van der Waals surface area contributed by atoms with Gasteiger partial charge in [-0.05, 0) is 25.1 Å². The number of carbonyl (C=O) groups excluding carboxylic acids is 1. The van der Waals surface area contributed by atoms with E-state index >= 15 is 0 Å². The van der Waals surface area contributed by atoms with Gasteiger partial charge in [0.25, 0.3) is 5.56 Å². The van der Waals surface area contributed by atoms with Gasteiger partial charge in [0.05, 0.1) is 24.1 Å². The molecule has 0 saturated heterocycles. The number of rotatable bonds is 4. The third-order valence-electron chi connectivity index (χ3n) is 4.21. The first kappa shape index (κ1) is 17.5. The molecule has 0 aliphatic rings. The van der Waals surface area contributed by atoms with E-state index < -0.39 is 5.97 Å². The third-order valence-corrected chi connectivity index (χ3v) is 4.21. The second-order valence-corrected chi connectivity index (χ2v) is 5.96. The topological polar surface area (TPSA) is 53.2 Å². The van der Waals surface area contributed by atoms with Crippen LogP contribution in [0.4, 0.5) is 0 Å². The Kier molecular flexibility index (Phi) is 4.89. The third kappa shape index (κ3) is 3.24. The second-order valence-electron chi connectivity index (χ2n) is 5.96. The quantitative estimate of drug-likeness (QED) is 0.537. The molecule has 1 aromatic heterocycles. The van der Waals surface area contributed by atoms with Gasteiger partial charge in [-0.15, -0.1) is 0 Å². The highest BCUT2D eigenvalue weighted by Gasteiger charge is 2.18. The number of esters is 1. The van der Waals surface area contributed by atoms with Gasteiger partial charge in [-0.2, -0.15) is 0 Å². The standard InChI is InChI=1S/C21H20N2O3/c1-15-9-11-17(12-10-15)23-21(25)18(13-14-19(24)26-3)20(22(23)2)16-7-5-4-6-8-16/h4-14H,1-3H3/b14-13+. The number of nitrogens with zero attached hydrogens (tertiary/aromatic N) is 2. The summed E-state index contributed by atoms with van der Waals surface area (Å²) in [4.78, 5) is 24.6. The van der Waals surface area contributed by atoms with Gasteiger partial charge in [-0.3, -0.25) is 9.48 Å². The highest BCUT2D eigenvalue weighted by molar-refractivity contribution is 5.88. The molecule has 0 aliphatic heterocycles. The van der Waals surface area contributed by atoms with Crippen molar-refractivity contribution < 1.29 is 9.53 Å². The fourth-order valence-electron chi connectivity index (χ4n) is 2.91. The number of benzene rings is 2. The maximum atomic E-state index is 13.1. The van der Waals surface area contributed by atoms with E-state index in [-0.39, 0.29) is 5.56 Å². The second kappa shape index (κ2) is 7.27. The van der Waals surface area contributed by atoms with E-state index in [0.29, 0.717) is 5.56 Å². The van der Waals surface area contributed by atoms with Crippen LogP contribution in [0, 0.1) is 6.92 Å². The van der Waals surface area contributed by atoms with Gasteiger partial charge >= 0.3 is 5.97 Å². The van der Waals surface area contributed by atoms with Crippen LogP contribution in [-0.4, -0.2) is 22.4 Å². The van der Waals surface area contributed by atoms with Gasteiger partial charge in [0.1, 0.15) is 0 Å². The lowest BCUT2D eigenvalue weighted by atomic mass is 10.1. The summed E-state index contributed by atoms with van der Waals surface area (Å²) in [7, 11) is 3.14. The molecule has 5 heteroatoms. The average Bonchev–Trinajstić information content (AvgIpc) is 2.91. The van der Waals surface area contributed by atoms with Crippen molar-refractivity contribution in [2.45, 2.75) is 6.92 Å². The van der Waals surface area contributed by atoms with Crippen LogP contribution in [0.3, 0.4) is 0 Å². The van der Waals surface area contributed by atoms with Gasteiger partial charge in [-0.25, -0.2) is 9.48 Å². The summed E-state index contributed by atoms with van der Waals surface area (Å²) in [5.41, 5.74) is 3.74. The van der Waals surface area contributed by atoms with E-state index in [2.05, 4.69) is 4.74 Å². The predicted molar refractivity (Wildman–Crippen MR) is 102 cm³/mol. The molecular formula is C21H20N2O3. The van der Waals surface area contributed by atoms with E-state index in [1.54, 1.807) is 9.36 Å². The molecule has 132 valence electrons. The molecule has 0 amide bonds. The Morgan fingerprint density at radius 1 is 1.04 bits per heavy atom. The zero-order valence-corrected chi connectivity index (χ0v) is 15.0. The van der Waals surface area contributed by atoms with Crippen LogP contribution < -0.4 is 5.56 Å². The Morgan fingerprint density at radius 2 is 1.69 bits per heavy atom. The molecule has 2 aromatic carbocycles. The minimum Gasteiger partial charge on any atom is -0.466 e. The van der Waals surface area contributed by atoms with Crippen molar-refractivity contribution in [3.8, 4) is 16.9 Å². The average molecular weight is 348 g/mol. The SMILES string of the molecule is COC(=O)/C=C/c1c(-c2ccccc2)n(C)n(-c2ccc(C)cc2)c1=O. The van der Waals surface area contributed by atoms with Crippen LogP contribution in [0.5, 0.6) is 0 Å². The van der Waals surface area contributed by atoms with Crippen LogP contribution in [0.1, 0.15) is 11.1 Å². The number of aryl methyl sites for hydroxylation is 1. The maximum absolute atomic E-state index is 13.1. The van der Waals surface area contributed by atoms with Gasteiger partial charge in [-0.1, -0.05) is 48.0 Å². The van der Waals surface area contributed by atoms with Crippen LogP contribution >= 0.6 is 0 Å². The van der Waals surface area contributed by atoms with Crippen molar-refractivity contribution in [3.63, 3.8) is 0 Å². The minimum atomic E-state index is -0.505. The lowest BCUT2D eigenvalue weighted by Crippen LogP contribution is -2.20. The van der Waals surface area contributed by atoms with Crippen molar-refractivity contribution in [1.82, 2.24) is 9.36 Å². The molecule has 0 bridgehead atoms. The van der Waals surface area contributed by atoms with E-state index in [9.17, 15) is 9.59 Å². The first-order valence-corrected chi connectivity index (χ1v) is 8.23. The zero-order chi connectivity index (χ0) is 18.7. The number of hydrogen-bond donors (Lipinski definition) is 0. The lowest BCUT2D eigenvalue weighted by molar-refractivity contribution is -0.134. The maximum Gasteiger partial charge on any atom is 0.330 e. The van der Waals surface area contributed by atoms with Crippen molar-refractivity contribution in [3.05, 3.63) is 82.2 Å². The fraction of sp³-hybridized carbons (Fsp3) is 0.143. The largest absolute Gasteiger partial charge is 0.466 e. The van der Waals surface area contributed by atoms with Gasteiger partial charge < -0.3 is 4.74 Å². The first-order chi connectivity index (χ1) is 12.5. The molecule has 0 radical (unpaired) electrons. The van der Waals surface area contributed by atoms with Crippen LogP contribution in [0.15, 0.2) is 65.5 Å². The van der Waals surface area contributed by atoms with Gasteiger partial charge in [0, 0.05) is 18.7 Å². The molecule has 3 rings (SSSR count). The normalized spacial score (nSPS) is 11.0. The first-order valence-electron chi connectivity index (χ1n) is 8.23. The molecule has 0 N–H and O–H groups in total. The Hall–Kier alpha value is -3.34. The number of hydrogen-bond acceptors (Lipinski definition) is 3. The molecule has 0 saturated carbocycles. The van der Waals surface area contributed by atoms with Gasteiger partial charge in [0.15, 0.2) is 0 Å². The number of aromatic nitrogens is 2. The van der Waals surface area contributed by atoms with Crippen LogP contribution in [-0.2, 0) is 16.6 Å². The Bertz CT molecular complexity index is 1010. The van der Waals surface area contributed by atoms with Crippen LogP contribution in [0.2, 0.25) is 0 Å². The minimum absolute atomic E-state index is 0.199. The van der Waals surface area contributed by atoms with Crippen LogP contribution in [0.25, 0.3) is 23.0 Å². The molecule has 0 spiro atoms. The summed E-state index contributed by atoms with van der Waals surface area (Å²) < 4.78 is 8.05. The molecule has 26 heavy (non-hydrogen) atoms. The summed E-state index contributed by atoms with van der Waals surface area (Å²) in [6.45, 7) is 2.00. The fourth-order valence-corrected chi connectivity index (χ4v) is 2.91. The Labute approximate surface area is 151 Å². The van der Waals surface area contributed by atoms with E-state index in [1.165, 1.54) is 19.3 Å². The molecule has 1 heterocycles. The lowest BCUT2D eigenvalue weighted by Gasteiger charge is -2.10. The summed E-state index contributed by atoms with van der Waals surface area (Å²) in [6, 6.07) is 17.3. The summed E-state index contributed by atoms with van der Waals surface area (Å²) in [6.07, 6.45) is 2.78. The summed E-state index contributed by atoms with van der Waals surface area (Å²) >= 11 is 0. The molecule has 0 atom stereocenters. The summed E-state index contributed by atoms with van der Waals surface area (Å²) in [5.74, 6) is -0.505. The Morgan fingerprint density at radius 3 is 2.31 bits per heavy atom. The monoisotopic (exact) mass is 348 g/mol. The van der Waals surface area contributed by atoms with Crippen molar-refractivity contribution in [1.29, 1.82) is 0 Å². The van der Waals surface area contributed by atoms with E-state index in [1.807, 2.05) is 68.6 Å². The molecule has 3 aromatic rings. The number of carbonyl (C=O) groups is 1.